The number of aliphatic hydroxyl groups is 1. The number of pyridine rings is 1. The van der Waals surface area contributed by atoms with E-state index in [0.717, 1.165) is 17.7 Å². The first-order chi connectivity index (χ1) is 10.3. The van der Waals surface area contributed by atoms with Crippen molar-refractivity contribution in [2.45, 2.75) is 52.7 Å². The topological polar surface area (TPSA) is 77.1 Å². The number of nitrogens with zero attached hydrogens (tertiary/aromatic N) is 3. The Hall–Kier alpha value is -1.95. The van der Waals surface area contributed by atoms with E-state index in [4.69, 9.17) is 0 Å². The lowest BCUT2D eigenvalue weighted by molar-refractivity contribution is 0.180. The molecule has 0 saturated carbocycles. The average Bonchev–Trinajstić information content (AvgIpc) is 2.43. The molecule has 0 spiro atoms. The zero-order valence-electron chi connectivity index (χ0n) is 13.6. The van der Waals surface area contributed by atoms with Crippen LogP contribution in [0, 0.1) is 13.8 Å². The number of hydrogen-bond acceptors (Lipinski definition) is 4. The van der Waals surface area contributed by atoms with Gasteiger partial charge in [-0.3, -0.25) is 13.9 Å². The van der Waals surface area contributed by atoms with E-state index in [2.05, 4.69) is 4.98 Å². The van der Waals surface area contributed by atoms with E-state index >= 15 is 0 Å². The van der Waals surface area contributed by atoms with Gasteiger partial charge in [0.2, 0.25) is 0 Å². The maximum atomic E-state index is 12.6. The van der Waals surface area contributed by atoms with Gasteiger partial charge < -0.3 is 5.11 Å². The predicted molar refractivity (Wildman–Crippen MR) is 86.2 cm³/mol. The van der Waals surface area contributed by atoms with E-state index in [-0.39, 0.29) is 17.4 Å². The van der Waals surface area contributed by atoms with Crippen LogP contribution in [0.3, 0.4) is 0 Å². The fraction of sp³-hybridized carbons (Fsp3) is 0.562. The van der Waals surface area contributed by atoms with Gasteiger partial charge in [0, 0.05) is 19.3 Å². The molecule has 1 N–H and O–H groups in total. The molecule has 2 rings (SSSR count). The first-order valence-corrected chi connectivity index (χ1v) is 7.58. The standard InChI is InChI=1S/C16H23N3O3/c1-10-9-11(2)17-14-13(10)15(21)19(16(22)18(14)4)8-6-5-7-12(3)20/h9,12,20H,5-8H2,1-4H3/t12-/m1/s1. The van der Waals surface area contributed by atoms with Crippen molar-refractivity contribution in [1.29, 1.82) is 0 Å². The molecule has 0 amide bonds. The van der Waals surface area contributed by atoms with Crippen LogP contribution in [0.2, 0.25) is 0 Å². The molecule has 2 aromatic rings. The second kappa shape index (κ2) is 6.44. The van der Waals surface area contributed by atoms with Crippen molar-refractivity contribution in [3.05, 3.63) is 38.2 Å². The lowest BCUT2D eigenvalue weighted by Gasteiger charge is -2.12. The lowest BCUT2D eigenvalue weighted by atomic mass is 10.1. The molecule has 0 aliphatic rings. The Morgan fingerprint density at radius 2 is 1.95 bits per heavy atom. The van der Waals surface area contributed by atoms with Gasteiger partial charge in [0.1, 0.15) is 5.65 Å². The molecule has 22 heavy (non-hydrogen) atoms. The Bertz CT molecular complexity index is 803. The van der Waals surface area contributed by atoms with Gasteiger partial charge in [0.15, 0.2) is 0 Å². The van der Waals surface area contributed by atoms with Crippen molar-refractivity contribution >= 4 is 11.0 Å². The van der Waals surface area contributed by atoms with Crippen LogP contribution in [0.5, 0.6) is 0 Å². The molecular weight excluding hydrogens is 282 g/mol. The Balaban J connectivity index is 2.48. The average molecular weight is 305 g/mol. The van der Waals surface area contributed by atoms with Gasteiger partial charge in [-0.15, -0.1) is 0 Å². The molecule has 0 fully saturated rings. The summed E-state index contributed by atoms with van der Waals surface area (Å²) in [7, 11) is 1.64. The highest BCUT2D eigenvalue weighted by atomic mass is 16.3. The largest absolute Gasteiger partial charge is 0.393 e. The molecule has 0 aromatic carbocycles. The van der Waals surface area contributed by atoms with Crippen molar-refractivity contribution in [3.8, 4) is 0 Å². The van der Waals surface area contributed by atoms with Crippen LogP contribution in [0.4, 0.5) is 0 Å². The third-order valence-corrected chi connectivity index (χ3v) is 3.87. The molecule has 120 valence electrons. The summed E-state index contributed by atoms with van der Waals surface area (Å²) in [6, 6.07) is 1.85. The summed E-state index contributed by atoms with van der Waals surface area (Å²) in [6.45, 7) is 5.80. The summed E-state index contributed by atoms with van der Waals surface area (Å²) < 4.78 is 2.71. The summed E-state index contributed by atoms with van der Waals surface area (Å²) in [4.78, 5) is 29.3. The highest BCUT2D eigenvalue weighted by molar-refractivity contribution is 5.78. The molecule has 6 nitrogen and oxygen atoms in total. The van der Waals surface area contributed by atoms with Crippen LogP contribution >= 0.6 is 0 Å². The summed E-state index contributed by atoms with van der Waals surface area (Å²) in [5.74, 6) is 0. The van der Waals surface area contributed by atoms with Gasteiger partial charge in [-0.1, -0.05) is 0 Å². The summed E-state index contributed by atoms with van der Waals surface area (Å²) in [6.07, 6.45) is 1.77. The van der Waals surface area contributed by atoms with E-state index in [1.165, 1.54) is 9.13 Å². The van der Waals surface area contributed by atoms with Crippen LogP contribution in [0.25, 0.3) is 11.0 Å². The van der Waals surface area contributed by atoms with Crippen LogP contribution < -0.4 is 11.2 Å². The molecule has 0 bridgehead atoms. The zero-order valence-corrected chi connectivity index (χ0v) is 13.6. The van der Waals surface area contributed by atoms with Gasteiger partial charge in [-0.25, -0.2) is 9.78 Å². The van der Waals surface area contributed by atoms with Gasteiger partial charge in [0.25, 0.3) is 5.56 Å². The highest BCUT2D eigenvalue weighted by Crippen LogP contribution is 2.12. The van der Waals surface area contributed by atoms with Crippen LogP contribution in [0.15, 0.2) is 15.7 Å². The molecule has 0 radical (unpaired) electrons. The third kappa shape index (κ3) is 3.11. The number of fused-ring (bicyclic) bond motifs is 1. The third-order valence-electron chi connectivity index (χ3n) is 3.87. The maximum absolute atomic E-state index is 12.6. The fourth-order valence-electron chi connectivity index (χ4n) is 2.72. The zero-order chi connectivity index (χ0) is 16.4. The van der Waals surface area contributed by atoms with Gasteiger partial charge in [0.05, 0.1) is 11.5 Å². The van der Waals surface area contributed by atoms with Crippen LogP contribution in [-0.4, -0.2) is 25.3 Å². The minimum Gasteiger partial charge on any atom is -0.393 e. The maximum Gasteiger partial charge on any atom is 0.332 e. The Labute approximate surface area is 129 Å². The summed E-state index contributed by atoms with van der Waals surface area (Å²) >= 11 is 0. The lowest BCUT2D eigenvalue weighted by Crippen LogP contribution is -2.39. The van der Waals surface area contributed by atoms with Crippen molar-refractivity contribution in [3.63, 3.8) is 0 Å². The Morgan fingerprint density at radius 3 is 2.59 bits per heavy atom. The van der Waals surface area contributed by atoms with Crippen LogP contribution in [-0.2, 0) is 13.6 Å². The summed E-state index contributed by atoms with van der Waals surface area (Å²) in [5, 5.41) is 9.77. The minimum absolute atomic E-state index is 0.278. The molecule has 0 aliphatic heterocycles. The number of aryl methyl sites for hydroxylation is 3. The second-order valence-corrected chi connectivity index (χ2v) is 5.92. The highest BCUT2D eigenvalue weighted by Gasteiger charge is 2.14. The predicted octanol–water partition coefficient (Wildman–Crippen LogP) is 1.26. The van der Waals surface area contributed by atoms with Gasteiger partial charge >= 0.3 is 5.69 Å². The van der Waals surface area contributed by atoms with Crippen molar-refractivity contribution in [2.75, 3.05) is 0 Å². The molecule has 0 aliphatic carbocycles. The summed E-state index contributed by atoms with van der Waals surface area (Å²) in [5.41, 5.74) is 1.44. The quantitative estimate of drug-likeness (QED) is 0.844. The van der Waals surface area contributed by atoms with E-state index in [9.17, 15) is 14.7 Å². The van der Waals surface area contributed by atoms with Crippen molar-refractivity contribution < 1.29 is 5.11 Å². The van der Waals surface area contributed by atoms with E-state index < -0.39 is 0 Å². The van der Waals surface area contributed by atoms with Crippen molar-refractivity contribution in [2.24, 2.45) is 7.05 Å². The molecule has 1 atom stereocenters. The van der Waals surface area contributed by atoms with E-state index in [0.29, 0.717) is 30.4 Å². The second-order valence-electron chi connectivity index (χ2n) is 5.92. The monoisotopic (exact) mass is 305 g/mol. The first kappa shape index (κ1) is 16.4. The van der Waals surface area contributed by atoms with E-state index in [1.54, 1.807) is 14.0 Å². The molecule has 0 saturated heterocycles. The molecule has 2 aromatic heterocycles. The molecule has 0 unspecified atom stereocenters. The first-order valence-electron chi connectivity index (χ1n) is 7.58. The normalized spacial score (nSPS) is 12.8. The molecule has 2 heterocycles. The van der Waals surface area contributed by atoms with Crippen LogP contribution in [0.1, 0.15) is 37.4 Å². The van der Waals surface area contributed by atoms with Gasteiger partial charge in [-0.2, -0.15) is 0 Å². The number of rotatable bonds is 5. The molecular formula is C16H23N3O3. The van der Waals surface area contributed by atoms with E-state index in [1.807, 2.05) is 19.9 Å². The molecule has 6 heteroatoms. The number of unbranched alkanes of at least 4 members (excludes halogenated alkanes) is 1. The number of hydrogen-bond donors (Lipinski definition) is 1. The minimum atomic E-state index is -0.356. The van der Waals surface area contributed by atoms with Gasteiger partial charge in [-0.05, 0) is 51.7 Å². The smallest absolute Gasteiger partial charge is 0.332 e. The Kier molecular flexibility index (Phi) is 4.81. The SMILES string of the molecule is Cc1cc(C)c2c(=O)n(CCCC[C@@H](C)O)c(=O)n(C)c2n1. The number of aromatic nitrogens is 3. The fourth-order valence-corrected chi connectivity index (χ4v) is 2.72. The van der Waals surface area contributed by atoms with Crippen molar-refractivity contribution in [1.82, 2.24) is 14.1 Å². The number of aliphatic hydroxyl groups excluding tert-OH is 1. The Morgan fingerprint density at radius 1 is 1.27 bits per heavy atom.